The van der Waals surface area contributed by atoms with Crippen LogP contribution in [0.5, 0.6) is 0 Å². The average molecular weight is 175 g/mol. The van der Waals surface area contributed by atoms with E-state index in [9.17, 15) is 4.79 Å². The lowest BCUT2D eigenvalue weighted by atomic mass is 10.1. The van der Waals surface area contributed by atoms with Crippen LogP contribution in [0.25, 0.3) is 0 Å². The molecule has 0 aromatic heterocycles. The van der Waals surface area contributed by atoms with Gasteiger partial charge in [-0.3, -0.25) is 0 Å². The fourth-order valence-corrected chi connectivity index (χ4v) is 1.16. The van der Waals surface area contributed by atoms with Crippen LogP contribution in [0.2, 0.25) is 0 Å². The van der Waals surface area contributed by atoms with Gasteiger partial charge in [0.1, 0.15) is 6.61 Å². The van der Waals surface area contributed by atoms with E-state index in [1.54, 1.807) is 0 Å². The van der Waals surface area contributed by atoms with Gasteiger partial charge in [-0.2, -0.15) is 0 Å². The molecule has 13 heavy (non-hydrogen) atoms. The van der Waals surface area contributed by atoms with E-state index in [1.165, 1.54) is 6.47 Å². The van der Waals surface area contributed by atoms with Crippen molar-refractivity contribution in [3.63, 3.8) is 0 Å². The summed E-state index contributed by atoms with van der Waals surface area (Å²) >= 11 is 0. The molecule has 0 unspecified atom stereocenters. The minimum absolute atomic E-state index is 0.285. The minimum Gasteiger partial charge on any atom is -0.452 e. The van der Waals surface area contributed by atoms with Gasteiger partial charge in [0.2, 0.25) is 0 Å². The first-order valence-corrected chi connectivity index (χ1v) is 4.05. The van der Waals surface area contributed by atoms with Crippen molar-refractivity contribution in [1.29, 1.82) is 0 Å². The van der Waals surface area contributed by atoms with E-state index in [0.29, 0.717) is 0 Å². The number of rotatable bonds is 5. The second-order valence-corrected chi connectivity index (χ2v) is 2.63. The van der Waals surface area contributed by atoms with Crippen LogP contribution in [0.1, 0.15) is 11.1 Å². The zero-order chi connectivity index (χ0) is 9.52. The molecular weight excluding hydrogens is 164 g/mol. The number of benzene rings is 1. The molecule has 2 nitrogen and oxygen atoms in total. The third-order valence-electron chi connectivity index (χ3n) is 1.77. The summed E-state index contributed by atoms with van der Waals surface area (Å²) in [6.07, 6.45) is 2.61. The maximum absolute atomic E-state index is 9.88. The number of carbonyl (C=O) groups excluding carboxylic acids is 1. The lowest BCUT2D eigenvalue weighted by Crippen LogP contribution is -1.95. The minimum atomic E-state index is 0.285. The van der Waals surface area contributed by atoms with E-state index in [4.69, 9.17) is 0 Å². The van der Waals surface area contributed by atoms with Gasteiger partial charge in [-0.1, -0.05) is 30.3 Å². The molecule has 1 radical (unpaired) electrons. The van der Waals surface area contributed by atoms with Crippen LogP contribution < -0.4 is 0 Å². The summed E-state index contributed by atoms with van der Waals surface area (Å²) in [6, 6.07) is 7.78. The Morgan fingerprint density at radius 2 is 2.08 bits per heavy atom. The van der Waals surface area contributed by atoms with Crippen molar-refractivity contribution in [2.24, 2.45) is 0 Å². The predicted octanol–water partition coefficient (Wildman–Crippen LogP) is 2.00. The summed E-state index contributed by atoms with van der Waals surface area (Å²) in [5.41, 5.74) is 2.14. The lowest BCUT2D eigenvalue weighted by molar-refractivity contribution is 0.266. The molecule has 0 aliphatic heterocycles. The lowest BCUT2D eigenvalue weighted by Gasteiger charge is -2.04. The molecule has 0 saturated carbocycles. The Kier molecular flexibility index (Phi) is 3.76. The van der Waals surface area contributed by atoms with Gasteiger partial charge < -0.3 is 4.74 Å². The normalized spacial score (nSPS) is 9.23. The number of ether oxygens (including phenoxy) is 1. The largest absolute Gasteiger partial charge is 0.452 e. The summed E-state index contributed by atoms with van der Waals surface area (Å²) in [7, 11) is 0. The van der Waals surface area contributed by atoms with Gasteiger partial charge in [-0.15, -0.1) is 6.58 Å². The van der Waals surface area contributed by atoms with Gasteiger partial charge in [0, 0.05) is 0 Å². The summed E-state index contributed by atoms with van der Waals surface area (Å²) < 4.78 is 4.57. The van der Waals surface area contributed by atoms with Crippen LogP contribution in [0.4, 0.5) is 0 Å². The van der Waals surface area contributed by atoms with Crippen molar-refractivity contribution in [3.8, 4) is 0 Å². The first-order valence-electron chi connectivity index (χ1n) is 4.05. The molecule has 67 valence electrons. The molecule has 0 amide bonds. The Hall–Kier alpha value is -1.57. The van der Waals surface area contributed by atoms with E-state index in [1.807, 2.05) is 30.3 Å². The van der Waals surface area contributed by atoms with Gasteiger partial charge in [0.15, 0.2) is 0 Å². The zero-order valence-electron chi connectivity index (χ0n) is 7.32. The first-order chi connectivity index (χ1) is 6.38. The Balaban J connectivity index is 2.77. The van der Waals surface area contributed by atoms with E-state index >= 15 is 0 Å². The smallest absolute Gasteiger partial charge is 0.417 e. The second kappa shape index (κ2) is 5.14. The van der Waals surface area contributed by atoms with Crippen LogP contribution in [-0.2, 0) is 22.6 Å². The molecule has 2 heteroatoms. The monoisotopic (exact) mass is 175 g/mol. The van der Waals surface area contributed by atoms with Gasteiger partial charge in [0.25, 0.3) is 0 Å². The highest BCUT2D eigenvalue weighted by Crippen LogP contribution is 2.10. The van der Waals surface area contributed by atoms with Crippen molar-refractivity contribution in [2.45, 2.75) is 13.0 Å². The summed E-state index contributed by atoms with van der Waals surface area (Å²) in [4.78, 5) is 9.88. The Morgan fingerprint density at radius 3 is 2.69 bits per heavy atom. The standard InChI is InChI=1S/C11H11O2/c1-2-5-10-6-3-4-7-11(10)8-13-9-12/h2-4,6-7H,1,5,8H2. The summed E-state index contributed by atoms with van der Waals surface area (Å²) in [6.45, 7) is 5.35. The van der Waals surface area contributed by atoms with Crippen LogP contribution in [0.15, 0.2) is 36.9 Å². The molecule has 1 rings (SSSR count). The van der Waals surface area contributed by atoms with Crippen LogP contribution in [0, 0.1) is 0 Å². The van der Waals surface area contributed by atoms with E-state index in [2.05, 4.69) is 11.3 Å². The van der Waals surface area contributed by atoms with Crippen LogP contribution >= 0.6 is 0 Å². The highest BCUT2D eigenvalue weighted by molar-refractivity contribution is 5.39. The highest BCUT2D eigenvalue weighted by Gasteiger charge is 1.99. The van der Waals surface area contributed by atoms with Gasteiger partial charge in [-0.25, -0.2) is 4.79 Å². The predicted molar refractivity (Wildman–Crippen MR) is 50.8 cm³/mol. The van der Waals surface area contributed by atoms with E-state index in [0.717, 1.165) is 17.5 Å². The maximum Gasteiger partial charge on any atom is 0.417 e. The second-order valence-electron chi connectivity index (χ2n) is 2.63. The molecule has 0 aliphatic carbocycles. The summed E-state index contributed by atoms with van der Waals surface area (Å²) in [5.74, 6) is 0. The fourth-order valence-electron chi connectivity index (χ4n) is 1.16. The number of allylic oxidation sites excluding steroid dienone is 1. The average Bonchev–Trinajstić information content (AvgIpc) is 2.17. The Labute approximate surface area is 77.8 Å². The van der Waals surface area contributed by atoms with Crippen LogP contribution in [0.3, 0.4) is 0 Å². The molecule has 0 aliphatic rings. The maximum atomic E-state index is 9.88. The molecule has 0 saturated heterocycles. The third-order valence-corrected chi connectivity index (χ3v) is 1.77. The SMILES string of the molecule is C=CCc1ccccc1CO[C]=O. The molecule has 0 fully saturated rings. The molecular formula is C11H11O2. The highest BCUT2D eigenvalue weighted by atomic mass is 16.5. The van der Waals surface area contributed by atoms with Crippen molar-refractivity contribution < 1.29 is 9.53 Å². The molecule has 0 N–H and O–H groups in total. The molecule has 1 aromatic carbocycles. The fraction of sp³-hybridized carbons (Fsp3) is 0.182. The van der Waals surface area contributed by atoms with Gasteiger partial charge in [0.05, 0.1) is 0 Å². The number of hydrogen-bond acceptors (Lipinski definition) is 2. The zero-order valence-corrected chi connectivity index (χ0v) is 7.32. The van der Waals surface area contributed by atoms with Gasteiger partial charge >= 0.3 is 6.47 Å². The summed E-state index contributed by atoms with van der Waals surface area (Å²) in [5, 5.41) is 0. The quantitative estimate of drug-likeness (QED) is 0.640. The molecule has 0 spiro atoms. The van der Waals surface area contributed by atoms with Gasteiger partial charge in [-0.05, 0) is 17.5 Å². The molecule has 0 heterocycles. The van der Waals surface area contributed by atoms with Crippen molar-refractivity contribution in [2.75, 3.05) is 0 Å². The topological polar surface area (TPSA) is 26.3 Å². The number of hydrogen-bond donors (Lipinski definition) is 0. The van der Waals surface area contributed by atoms with Crippen molar-refractivity contribution in [3.05, 3.63) is 48.0 Å². The van der Waals surface area contributed by atoms with E-state index < -0.39 is 0 Å². The van der Waals surface area contributed by atoms with Crippen molar-refractivity contribution >= 4 is 6.47 Å². The third kappa shape index (κ3) is 2.75. The van der Waals surface area contributed by atoms with Crippen molar-refractivity contribution in [1.82, 2.24) is 0 Å². The first kappa shape index (κ1) is 9.52. The van der Waals surface area contributed by atoms with E-state index in [-0.39, 0.29) is 6.61 Å². The molecule has 0 bridgehead atoms. The molecule has 1 aromatic rings. The Morgan fingerprint density at radius 1 is 1.38 bits per heavy atom. The Bertz CT molecular complexity index is 292. The van der Waals surface area contributed by atoms with Crippen LogP contribution in [-0.4, -0.2) is 6.47 Å². The molecule has 0 atom stereocenters.